The lowest BCUT2D eigenvalue weighted by atomic mass is 9.94. The summed E-state index contributed by atoms with van der Waals surface area (Å²) in [6, 6.07) is 7.45. The molecule has 0 aromatic heterocycles. The molecular weight excluding hydrogens is 412 g/mol. The van der Waals surface area contributed by atoms with Crippen molar-refractivity contribution in [3.05, 3.63) is 42.0 Å². The quantitative estimate of drug-likeness (QED) is 0.302. The standard InChI is InChI=1S/C23H30N4O5/c24-21(30)20(29)17(13-16-10-11-25-22(16)31)27-23(32)18(12-15-6-7-15)26-19(28)9-8-14-4-2-1-3-5-14/h1-5,8-9,15-18,20,29H,6-7,10-13H2,(H2,24,30)(H,25,31)(H,26,28)(H,27,32)/b9-8+/t16-,17?,18-,20?/m0/s1. The van der Waals surface area contributed by atoms with Gasteiger partial charge in [0, 0.05) is 18.5 Å². The molecule has 9 heteroatoms. The molecule has 1 saturated heterocycles. The van der Waals surface area contributed by atoms with Crippen LogP contribution in [0.5, 0.6) is 0 Å². The summed E-state index contributed by atoms with van der Waals surface area (Å²) in [6.45, 7) is 0.505. The van der Waals surface area contributed by atoms with Crippen LogP contribution in [0.15, 0.2) is 36.4 Å². The van der Waals surface area contributed by atoms with E-state index in [9.17, 15) is 24.3 Å². The third kappa shape index (κ3) is 6.91. The van der Waals surface area contributed by atoms with Gasteiger partial charge in [0.2, 0.25) is 23.6 Å². The highest BCUT2D eigenvalue weighted by Gasteiger charge is 2.36. The van der Waals surface area contributed by atoms with Gasteiger partial charge in [-0.2, -0.15) is 0 Å². The molecule has 1 saturated carbocycles. The Labute approximate surface area is 186 Å². The Bertz CT molecular complexity index is 868. The molecule has 1 aliphatic heterocycles. The van der Waals surface area contributed by atoms with Crippen LogP contribution < -0.4 is 21.7 Å². The van der Waals surface area contributed by atoms with Crippen LogP contribution >= 0.6 is 0 Å². The summed E-state index contributed by atoms with van der Waals surface area (Å²) in [5, 5.41) is 18.3. The van der Waals surface area contributed by atoms with Crippen molar-refractivity contribution in [2.45, 2.75) is 50.3 Å². The molecule has 0 radical (unpaired) electrons. The monoisotopic (exact) mass is 442 g/mol. The van der Waals surface area contributed by atoms with Crippen LogP contribution in [0, 0.1) is 11.8 Å². The lowest BCUT2D eigenvalue weighted by Gasteiger charge is -2.26. The van der Waals surface area contributed by atoms with E-state index in [1.54, 1.807) is 6.08 Å². The number of nitrogens with one attached hydrogen (secondary N) is 3. The second-order valence-electron chi connectivity index (χ2n) is 8.46. The van der Waals surface area contributed by atoms with Crippen LogP contribution in [-0.4, -0.2) is 53.5 Å². The Hall–Kier alpha value is -3.20. The normalized spacial score (nSPS) is 20.9. The summed E-state index contributed by atoms with van der Waals surface area (Å²) in [4.78, 5) is 48.9. The van der Waals surface area contributed by atoms with Crippen LogP contribution in [0.2, 0.25) is 0 Å². The lowest BCUT2D eigenvalue weighted by Crippen LogP contribution is -2.55. The van der Waals surface area contributed by atoms with Gasteiger partial charge in [-0.25, -0.2) is 0 Å². The maximum absolute atomic E-state index is 13.0. The molecule has 3 rings (SSSR count). The van der Waals surface area contributed by atoms with E-state index in [-0.39, 0.29) is 12.3 Å². The maximum Gasteiger partial charge on any atom is 0.248 e. The van der Waals surface area contributed by atoms with Crippen LogP contribution in [0.1, 0.15) is 37.7 Å². The number of aliphatic hydroxyl groups excluding tert-OH is 1. The van der Waals surface area contributed by atoms with Crippen molar-refractivity contribution in [3.63, 3.8) is 0 Å². The Balaban J connectivity index is 1.65. The van der Waals surface area contributed by atoms with E-state index >= 15 is 0 Å². The highest BCUT2D eigenvalue weighted by molar-refractivity contribution is 5.95. The predicted octanol–water partition coefficient (Wildman–Crippen LogP) is -0.158. The van der Waals surface area contributed by atoms with Crippen LogP contribution in [-0.2, 0) is 19.2 Å². The first-order valence-corrected chi connectivity index (χ1v) is 10.9. The minimum absolute atomic E-state index is 0.0830. The van der Waals surface area contributed by atoms with E-state index in [2.05, 4.69) is 16.0 Å². The molecule has 2 aliphatic rings. The van der Waals surface area contributed by atoms with E-state index in [4.69, 9.17) is 5.73 Å². The van der Waals surface area contributed by atoms with Gasteiger partial charge in [0.15, 0.2) is 6.10 Å². The fourth-order valence-electron chi connectivity index (χ4n) is 3.80. The molecule has 4 atom stereocenters. The highest BCUT2D eigenvalue weighted by Crippen LogP contribution is 2.33. The van der Waals surface area contributed by atoms with Gasteiger partial charge < -0.3 is 26.8 Å². The van der Waals surface area contributed by atoms with Gasteiger partial charge in [0.1, 0.15) is 6.04 Å². The molecule has 1 heterocycles. The molecule has 32 heavy (non-hydrogen) atoms. The smallest absolute Gasteiger partial charge is 0.248 e. The summed E-state index contributed by atoms with van der Waals surface area (Å²) in [5.41, 5.74) is 6.10. The lowest BCUT2D eigenvalue weighted by molar-refractivity contribution is -0.133. The Kier molecular flexibility index (Phi) is 7.99. The van der Waals surface area contributed by atoms with Gasteiger partial charge in [-0.3, -0.25) is 19.2 Å². The minimum Gasteiger partial charge on any atom is -0.381 e. The summed E-state index contributed by atoms with van der Waals surface area (Å²) < 4.78 is 0. The molecule has 9 nitrogen and oxygen atoms in total. The SMILES string of the molecule is NC(=O)C(O)C(C[C@@H]1CCNC1=O)NC(=O)[C@H](CC1CC1)NC(=O)/C=C/c1ccccc1. The zero-order valence-corrected chi connectivity index (χ0v) is 17.8. The zero-order valence-electron chi connectivity index (χ0n) is 17.8. The van der Waals surface area contributed by atoms with E-state index in [1.807, 2.05) is 30.3 Å². The number of hydrogen-bond acceptors (Lipinski definition) is 5. The van der Waals surface area contributed by atoms with Gasteiger partial charge in [-0.1, -0.05) is 43.2 Å². The molecule has 2 fully saturated rings. The van der Waals surface area contributed by atoms with Crippen molar-refractivity contribution in [1.82, 2.24) is 16.0 Å². The first-order chi connectivity index (χ1) is 15.3. The summed E-state index contributed by atoms with van der Waals surface area (Å²) in [6.07, 6.45) is 4.43. The van der Waals surface area contributed by atoms with Crippen molar-refractivity contribution in [1.29, 1.82) is 0 Å². The average Bonchev–Trinajstić information content (AvgIpc) is 3.51. The summed E-state index contributed by atoms with van der Waals surface area (Å²) in [5.74, 6) is -2.19. The topological polar surface area (TPSA) is 151 Å². The molecule has 0 bridgehead atoms. The van der Waals surface area contributed by atoms with E-state index in [0.717, 1.165) is 18.4 Å². The number of primary amides is 1. The van der Waals surface area contributed by atoms with Crippen LogP contribution in [0.25, 0.3) is 6.08 Å². The molecular formula is C23H30N4O5. The van der Waals surface area contributed by atoms with Crippen LogP contribution in [0.3, 0.4) is 0 Å². The number of nitrogens with two attached hydrogens (primary N) is 1. The maximum atomic E-state index is 13.0. The predicted molar refractivity (Wildman–Crippen MR) is 118 cm³/mol. The fraction of sp³-hybridized carbons (Fsp3) is 0.478. The molecule has 1 aliphatic carbocycles. The number of rotatable bonds is 11. The molecule has 4 amide bonds. The number of aliphatic hydroxyl groups is 1. The van der Waals surface area contributed by atoms with Crippen molar-refractivity contribution >= 4 is 29.7 Å². The number of carbonyl (C=O) groups excluding carboxylic acids is 4. The third-order valence-corrected chi connectivity index (χ3v) is 5.83. The highest BCUT2D eigenvalue weighted by atomic mass is 16.3. The molecule has 6 N–H and O–H groups in total. The van der Waals surface area contributed by atoms with Crippen molar-refractivity contribution < 1.29 is 24.3 Å². The number of benzene rings is 1. The molecule has 1 aromatic rings. The van der Waals surface area contributed by atoms with Crippen molar-refractivity contribution in [3.8, 4) is 0 Å². The Morgan fingerprint density at radius 2 is 1.84 bits per heavy atom. The Morgan fingerprint density at radius 3 is 2.44 bits per heavy atom. The zero-order chi connectivity index (χ0) is 23.1. The third-order valence-electron chi connectivity index (χ3n) is 5.83. The second kappa shape index (κ2) is 10.9. The van der Waals surface area contributed by atoms with E-state index in [0.29, 0.717) is 25.3 Å². The number of carbonyl (C=O) groups is 4. The van der Waals surface area contributed by atoms with Gasteiger partial charge in [0.25, 0.3) is 0 Å². The van der Waals surface area contributed by atoms with Gasteiger partial charge >= 0.3 is 0 Å². The number of amides is 4. The van der Waals surface area contributed by atoms with Crippen molar-refractivity contribution in [2.24, 2.45) is 17.6 Å². The van der Waals surface area contributed by atoms with E-state index < -0.39 is 41.8 Å². The van der Waals surface area contributed by atoms with Gasteiger partial charge in [0.05, 0.1) is 6.04 Å². The average molecular weight is 443 g/mol. The molecule has 2 unspecified atom stereocenters. The minimum atomic E-state index is -1.64. The molecule has 0 spiro atoms. The molecule has 172 valence electrons. The summed E-state index contributed by atoms with van der Waals surface area (Å²) >= 11 is 0. The Morgan fingerprint density at radius 1 is 1.12 bits per heavy atom. The number of hydrogen-bond donors (Lipinski definition) is 5. The summed E-state index contributed by atoms with van der Waals surface area (Å²) in [7, 11) is 0. The van der Waals surface area contributed by atoms with Crippen molar-refractivity contribution in [2.75, 3.05) is 6.54 Å². The first-order valence-electron chi connectivity index (χ1n) is 10.9. The van der Waals surface area contributed by atoms with Gasteiger partial charge in [-0.15, -0.1) is 0 Å². The fourth-order valence-corrected chi connectivity index (χ4v) is 3.80. The molecule has 1 aromatic carbocycles. The second-order valence-corrected chi connectivity index (χ2v) is 8.46. The van der Waals surface area contributed by atoms with E-state index in [1.165, 1.54) is 6.08 Å². The van der Waals surface area contributed by atoms with Crippen LogP contribution in [0.4, 0.5) is 0 Å². The largest absolute Gasteiger partial charge is 0.381 e. The first kappa shape index (κ1) is 23.5. The van der Waals surface area contributed by atoms with Gasteiger partial charge in [-0.05, 0) is 36.8 Å².